The van der Waals surface area contributed by atoms with Gasteiger partial charge < -0.3 is 5.73 Å². The third-order valence-corrected chi connectivity index (χ3v) is 4.25. The van der Waals surface area contributed by atoms with Gasteiger partial charge in [-0.25, -0.2) is 0 Å². The van der Waals surface area contributed by atoms with Gasteiger partial charge >= 0.3 is 0 Å². The Hall–Kier alpha value is -0.0800. The average molecular weight is 196 g/mol. The summed E-state index contributed by atoms with van der Waals surface area (Å²) in [4.78, 5) is 2.56. The van der Waals surface area contributed by atoms with Crippen LogP contribution < -0.4 is 5.73 Å². The van der Waals surface area contributed by atoms with Crippen molar-refractivity contribution in [3.63, 3.8) is 0 Å². The molecule has 2 fully saturated rings. The van der Waals surface area contributed by atoms with Crippen LogP contribution in [0.3, 0.4) is 0 Å². The first-order valence-electron chi connectivity index (χ1n) is 6.07. The smallest absolute Gasteiger partial charge is 0.0331 e. The van der Waals surface area contributed by atoms with Crippen molar-refractivity contribution < 1.29 is 0 Å². The number of hydrogen-bond acceptors (Lipinski definition) is 2. The number of rotatable bonds is 4. The summed E-state index contributed by atoms with van der Waals surface area (Å²) in [5, 5.41) is 0. The second-order valence-electron chi connectivity index (χ2n) is 5.60. The second-order valence-corrected chi connectivity index (χ2v) is 5.60. The zero-order valence-electron chi connectivity index (χ0n) is 9.63. The SMILES string of the molecule is CC1CCC(CN)(N(C)CC2CC2)C1. The van der Waals surface area contributed by atoms with Crippen LogP contribution in [0.2, 0.25) is 0 Å². The molecule has 82 valence electrons. The zero-order chi connectivity index (χ0) is 10.2. The largest absolute Gasteiger partial charge is 0.329 e. The van der Waals surface area contributed by atoms with Crippen molar-refractivity contribution in [2.24, 2.45) is 17.6 Å². The third-order valence-electron chi connectivity index (χ3n) is 4.25. The number of nitrogens with zero attached hydrogens (tertiary/aromatic N) is 1. The van der Waals surface area contributed by atoms with Gasteiger partial charge in [-0.05, 0) is 51.0 Å². The summed E-state index contributed by atoms with van der Waals surface area (Å²) in [6.07, 6.45) is 6.88. The molecule has 2 nitrogen and oxygen atoms in total. The standard InChI is InChI=1S/C12H24N2/c1-10-5-6-12(7-10,9-13)14(2)8-11-3-4-11/h10-11H,3-9,13H2,1-2H3. The Labute approximate surface area is 87.8 Å². The molecule has 2 aliphatic carbocycles. The van der Waals surface area contributed by atoms with Crippen LogP contribution in [-0.2, 0) is 0 Å². The van der Waals surface area contributed by atoms with Crippen molar-refractivity contribution in [1.29, 1.82) is 0 Å². The molecule has 0 bridgehead atoms. The van der Waals surface area contributed by atoms with Crippen molar-refractivity contribution in [2.75, 3.05) is 20.1 Å². The average Bonchev–Trinajstić information content (AvgIpc) is 2.88. The van der Waals surface area contributed by atoms with Crippen LogP contribution >= 0.6 is 0 Å². The van der Waals surface area contributed by atoms with Crippen molar-refractivity contribution in [2.45, 2.75) is 44.6 Å². The molecule has 2 unspecified atom stereocenters. The molecular formula is C12H24N2. The summed E-state index contributed by atoms with van der Waals surface area (Å²) in [5.41, 5.74) is 6.34. The predicted octanol–water partition coefficient (Wildman–Crippen LogP) is 1.85. The molecule has 0 heterocycles. The Kier molecular flexibility index (Phi) is 2.85. The van der Waals surface area contributed by atoms with E-state index in [0.717, 1.165) is 18.4 Å². The van der Waals surface area contributed by atoms with Gasteiger partial charge in [0, 0.05) is 18.6 Å². The second kappa shape index (κ2) is 3.82. The molecule has 0 aromatic rings. The molecule has 2 atom stereocenters. The summed E-state index contributed by atoms with van der Waals surface area (Å²) >= 11 is 0. The Bertz CT molecular complexity index is 200. The van der Waals surface area contributed by atoms with E-state index in [1.54, 1.807) is 0 Å². The summed E-state index contributed by atoms with van der Waals surface area (Å²) < 4.78 is 0. The van der Waals surface area contributed by atoms with E-state index in [0.29, 0.717) is 5.54 Å². The van der Waals surface area contributed by atoms with Crippen LogP contribution in [0.4, 0.5) is 0 Å². The van der Waals surface area contributed by atoms with Gasteiger partial charge in [0.15, 0.2) is 0 Å². The first-order valence-corrected chi connectivity index (χ1v) is 6.07. The van der Waals surface area contributed by atoms with Crippen LogP contribution in [0.25, 0.3) is 0 Å². The monoisotopic (exact) mass is 196 g/mol. The van der Waals surface area contributed by atoms with Crippen LogP contribution in [0, 0.1) is 11.8 Å². The first kappa shape index (κ1) is 10.4. The minimum Gasteiger partial charge on any atom is -0.329 e. The molecule has 0 aromatic heterocycles. The summed E-state index contributed by atoms with van der Waals surface area (Å²) in [5.74, 6) is 1.86. The molecule has 2 heteroatoms. The van der Waals surface area contributed by atoms with Gasteiger partial charge in [0.2, 0.25) is 0 Å². The van der Waals surface area contributed by atoms with Crippen LogP contribution in [0.1, 0.15) is 39.0 Å². The highest BCUT2D eigenvalue weighted by Crippen LogP contribution is 2.40. The molecule has 0 aliphatic heterocycles. The summed E-state index contributed by atoms with van der Waals surface area (Å²) in [6, 6.07) is 0. The van der Waals surface area contributed by atoms with E-state index in [2.05, 4.69) is 18.9 Å². The predicted molar refractivity (Wildman–Crippen MR) is 60.2 cm³/mol. The number of hydrogen-bond donors (Lipinski definition) is 1. The Morgan fingerprint density at radius 2 is 2.07 bits per heavy atom. The fourth-order valence-electron chi connectivity index (χ4n) is 2.94. The molecule has 2 N–H and O–H groups in total. The molecule has 0 radical (unpaired) electrons. The number of nitrogens with two attached hydrogens (primary N) is 1. The highest BCUT2D eigenvalue weighted by molar-refractivity contribution is 4.98. The lowest BCUT2D eigenvalue weighted by Crippen LogP contribution is -2.51. The van der Waals surface area contributed by atoms with E-state index in [1.807, 2.05) is 0 Å². The minimum absolute atomic E-state index is 0.349. The van der Waals surface area contributed by atoms with Gasteiger partial charge in [-0.2, -0.15) is 0 Å². The van der Waals surface area contributed by atoms with Gasteiger partial charge in [-0.3, -0.25) is 4.90 Å². The molecule has 0 saturated heterocycles. The maximum atomic E-state index is 5.99. The van der Waals surface area contributed by atoms with Crippen LogP contribution in [-0.4, -0.2) is 30.6 Å². The van der Waals surface area contributed by atoms with Crippen molar-refractivity contribution in [1.82, 2.24) is 4.90 Å². The fraction of sp³-hybridized carbons (Fsp3) is 1.00. The van der Waals surface area contributed by atoms with Crippen molar-refractivity contribution in [3.05, 3.63) is 0 Å². The van der Waals surface area contributed by atoms with Gasteiger partial charge in [-0.1, -0.05) is 6.92 Å². The quantitative estimate of drug-likeness (QED) is 0.743. The van der Waals surface area contributed by atoms with Crippen LogP contribution in [0.15, 0.2) is 0 Å². The molecule has 2 rings (SSSR count). The highest BCUT2D eigenvalue weighted by Gasteiger charge is 2.41. The van der Waals surface area contributed by atoms with E-state index >= 15 is 0 Å². The van der Waals surface area contributed by atoms with E-state index in [9.17, 15) is 0 Å². The van der Waals surface area contributed by atoms with Crippen molar-refractivity contribution >= 4 is 0 Å². The zero-order valence-corrected chi connectivity index (χ0v) is 9.63. The van der Waals surface area contributed by atoms with E-state index in [-0.39, 0.29) is 0 Å². The van der Waals surface area contributed by atoms with Crippen LogP contribution in [0.5, 0.6) is 0 Å². The third kappa shape index (κ3) is 1.96. The van der Waals surface area contributed by atoms with Crippen molar-refractivity contribution in [3.8, 4) is 0 Å². The normalized spacial score (nSPS) is 38.1. The van der Waals surface area contributed by atoms with E-state index < -0.39 is 0 Å². The molecule has 0 aromatic carbocycles. The minimum atomic E-state index is 0.349. The lowest BCUT2D eigenvalue weighted by molar-refractivity contribution is 0.122. The Morgan fingerprint density at radius 1 is 1.36 bits per heavy atom. The number of likely N-dealkylation sites (N-methyl/N-ethyl adjacent to an activating group) is 1. The van der Waals surface area contributed by atoms with E-state index in [4.69, 9.17) is 5.73 Å². The lowest BCUT2D eigenvalue weighted by atomic mass is 9.94. The maximum Gasteiger partial charge on any atom is 0.0331 e. The van der Waals surface area contributed by atoms with Gasteiger partial charge in [-0.15, -0.1) is 0 Å². The maximum absolute atomic E-state index is 5.99. The van der Waals surface area contributed by atoms with Gasteiger partial charge in [0.1, 0.15) is 0 Å². The highest BCUT2D eigenvalue weighted by atomic mass is 15.2. The summed E-state index contributed by atoms with van der Waals surface area (Å²) in [7, 11) is 2.28. The summed E-state index contributed by atoms with van der Waals surface area (Å²) in [6.45, 7) is 4.49. The van der Waals surface area contributed by atoms with E-state index in [1.165, 1.54) is 38.6 Å². The molecular weight excluding hydrogens is 172 g/mol. The van der Waals surface area contributed by atoms with Gasteiger partial charge in [0.05, 0.1) is 0 Å². The topological polar surface area (TPSA) is 29.3 Å². The fourth-order valence-corrected chi connectivity index (χ4v) is 2.94. The van der Waals surface area contributed by atoms with Gasteiger partial charge in [0.25, 0.3) is 0 Å². The molecule has 0 amide bonds. The Balaban J connectivity index is 1.95. The lowest BCUT2D eigenvalue weighted by Gasteiger charge is -2.38. The molecule has 2 saturated carbocycles. The molecule has 0 spiro atoms. The molecule has 14 heavy (non-hydrogen) atoms. The first-order chi connectivity index (χ1) is 6.66. The molecule has 2 aliphatic rings. The Morgan fingerprint density at radius 3 is 2.50 bits per heavy atom.